The third-order valence-corrected chi connectivity index (χ3v) is 16.1. The number of aliphatic hydroxyl groups is 2. The van der Waals surface area contributed by atoms with E-state index < -0.39 is 101 Å². The summed E-state index contributed by atoms with van der Waals surface area (Å²) in [4.78, 5) is 83.3. The minimum absolute atomic E-state index is 0.00498. The number of nitrogens with zero attached hydrogens (tertiary/aromatic N) is 2. The van der Waals surface area contributed by atoms with Gasteiger partial charge in [-0.05, 0) is 119 Å². The molecule has 19 heteroatoms. The van der Waals surface area contributed by atoms with Crippen LogP contribution in [0.2, 0.25) is 0 Å². The second kappa shape index (κ2) is 29.3. The zero-order chi connectivity index (χ0) is 56.7. The van der Waals surface area contributed by atoms with Crippen molar-refractivity contribution in [1.82, 2.24) is 4.90 Å². The molecule has 5 rings (SSSR count). The van der Waals surface area contributed by atoms with E-state index in [1.807, 2.05) is 51.2 Å². The van der Waals surface area contributed by atoms with Crippen LogP contribution >= 0.6 is 12.2 Å². The Bertz CT molecular complexity index is 2350. The highest BCUT2D eigenvalue weighted by molar-refractivity contribution is 7.79. The first-order valence-corrected chi connectivity index (χ1v) is 27.5. The fourth-order valence-electron chi connectivity index (χ4n) is 11.1. The number of benzene rings is 1. The molecule has 0 radical (unpaired) electrons. The third kappa shape index (κ3) is 17.0. The van der Waals surface area contributed by atoms with Crippen LogP contribution in [0.4, 0.5) is 5.69 Å². The lowest BCUT2D eigenvalue weighted by atomic mass is 9.78. The van der Waals surface area contributed by atoms with Gasteiger partial charge in [0.1, 0.15) is 42.0 Å². The maximum Gasteiger partial charge on any atom is 0.358 e. The minimum atomic E-state index is -2.47. The lowest BCUT2D eigenvalue weighted by Gasteiger charge is -2.42. The standard InChI is InChI=1S/C58H82N2O16S/c1-34-16-12-11-13-17-35(2)48(70-8)32-44-23-19-40(7)58(67,76-44)54(64)55(65)59-27-15-14-18-45(59)56(66)74-49(33-46(61)36(3)29-39(6)52(63)53(72-10)51(62)38(5)28-34)37(4)30-41-20-26-47(50(31-41)71-9)75-57(77)73-43-24-21-42(22-25-43)60(68)69/h11-13,16-17,21-22,24-25,29,34,36-38,40-41,44-45,47-50,52-53,63,67H,14-15,18-20,23,26-28,30-33H2,1-10H3/b13-11?,16-12+,35-17?,39-29+/t34-,36-,37-,38-,40-,41+,44+,45+,47-,48+,49+,50-,52-,53+,58-/m1/s1. The summed E-state index contributed by atoms with van der Waals surface area (Å²) in [5.41, 5.74) is 1.11. The number of carbonyl (C=O) groups is 5. The van der Waals surface area contributed by atoms with Crippen molar-refractivity contribution in [1.29, 1.82) is 0 Å². The third-order valence-electron chi connectivity index (χ3n) is 15.9. The number of piperidine rings is 1. The first kappa shape index (κ1) is 62.8. The molecule has 3 aliphatic heterocycles. The topological polar surface area (TPSA) is 237 Å². The molecular weight excluding hydrogens is 1010 g/mol. The molecule has 3 fully saturated rings. The highest BCUT2D eigenvalue weighted by Gasteiger charge is 2.53. The van der Waals surface area contributed by atoms with Gasteiger partial charge in [-0.2, -0.15) is 0 Å². The van der Waals surface area contributed by atoms with Crippen molar-refractivity contribution in [3.05, 3.63) is 82.0 Å². The Balaban J connectivity index is 1.42. The minimum Gasteiger partial charge on any atom is -0.460 e. The summed E-state index contributed by atoms with van der Waals surface area (Å²) in [5, 5.41) is 34.5. The van der Waals surface area contributed by atoms with Gasteiger partial charge in [0.25, 0.3) is 17.4 Å². The largest absolute Gasteiger partial charge is 0.460 e. The summed E-state index contributed by atoms with van der Waals surface area (Å²) in [6.07, 6.45) is 10.4. The normalized spacial score (nSPS) is 34.6. The highest BCUT2D eigenvalue weighted by Crippen LogP contribution is 2.38. The van der Waals surface area contributed by atoms with Crippen molar-refractivity contribution in [3.8, 4) is 5.75 Å². The van der Waals surface area contributed by atoms with Gasteiger partial charge in [-0.25, -0.2) is 4.79 Å². The van der Waals surface area contributed by atoms with Crippen molar-refractivity contribution in [3.63, 3.8) is 0 Å². The molecule has 2 bridgehead atoms. The molecule has 4 aliphatic rings. The van der Waals surface area contributed by atoms with E-state index in [4.69, 9.17) is 45.4 Å². The van der Waals surface area contributed by atoms with E-state index in [0.717, 1.165) is 5.57 Å². The fourth-order valence-corrected chi connectivity index (χ4v) is 11.3. The van der Waals surface area contributed by atoms with Crippen molar-refractivity contribution >= 4 is 52.4 Å². The number of aliphatic hydroxyl groups excluding tert-OH is 1. The monoisotopic (exact) mass is 1090 g/mol. The van der Waals surface area contributed by atoms with E-state index in [2.05, 4.69) is 0 Å². The highest BCUT2D eigenvalue weighted by atomic mass is 32.1. The maximum absolute atomic E-state index is 14.6. The van der Waals surface area contributed by atoms with Gasteiger partial charge in [0, 0.05) is 82.8 Å². The molecule has 0 aromatic heterocycles. The number of hydrogen-bond donors (Lipinski definition) is 2. The lowest BCUT2D eigenvalue weighted by Crippen LogP contribution is -2.61. The van der Waals surface area contributed by atoms with E-state index in [9.17, 15) is 44.3 Å². The fraction of sp³-hybridized carbons (Fsp3) is 0.655. The van der Waals surface area contributed by atoms with E-state index in [1.165, 1.54) is 36.3 Å². The molecule has 426 valence electrons. The van der Waals surface area contributed by atoms with Gasteiger partial charge < -0.3 is 48.3 Å². The Hall–Kier alpha value is -5.02. The van der Waals surface area contributed by atoms with Crippen LogP contribution in [0.15, 0.2) is 71.9 Å². The average Bonchev–Trinajstić information content (AvgIpc) is 3.41. The van der Waals surface area contributed by atoms with Gasteiger partial charge in [0.05, 0.1) is 23.2 Å². The summed E-state index contributed by atoms with van der Waals surface area (Å²) in [7, 11) is 4.49. The van der Waals surface area contributed by atoms with Crippen LogP contribution in [0, 0.1) is 45.6 Å². The summed E-state index contributed by atoms with van der Waals surface area (Å²) in [5.74, 6) is -8.25. The summed E-state index contributed by atoms with van der Waals surface area (Å²) in [6, 6.07) is 4.24. The Morgan fingerprint density at radius 1 is 0.883 bits per heavy atom. The molecule has 0 unspecified atom stereocenters. The zero-order valence-corrected chi connectivity index (χ0v) is 47.3. The van der Waals surface area contributed by atoms with Gasteiger partial charge in [-0.15, -0.1) is 0 Å². The van der Waals surface area contributed by atoms with Crippen LogP contribution in [0.5, 0.6) is 5.75 Å². The number of rotatable bonds is 9. The second-order valence-electron chi connectivity index (χ2n) is 21.8. The van der Waals surface area contributed by atoms with Crippen molar-refractivity contribution in [2.24, 2.45) is 35.5 Å². The van der Waals surface area contributed by atoms with Crippen molar-refractivity contribution in [2.75, 3.05) is 27.9 Å². The summed E-state index contributed by atoms with van der Waals surface area (Å²) >= 11 is 5.39. The molecule has 1 aromatic carbocycles. The van der Waals surface area contributed by atoms with E-state index >= 15 is 0 Å². The Morgan fingerprint density at radius 2 is 1.60 bits per heavy atom. The van der Waals surface area contributed by atoms with Gasteiger partial charge in [0.15, 0.2) is 5.78 Å². The van der Waals surface area contributed by atoms with Crippen LogP contribution in [-0.4, -0.2) is 137 Å². The molecule has 77 heavy (non-hydrogen) atoms. The Labute approximate surface area is 459 Å². The van der Waals surface area contributed by atoms with Crippen LogP contribution in [0.3, 0.4) is 0 Å². The number of carbonyl (C=O) groups excluding carboxylic acids is 5. The van der Waals surface area contributed by atoms with E-state index in [0.29, 0.717) is 69.8 Å². The van der Waals surface area contributed by atoms with Crippen LogP contribution in [0.1, 0.15) is 126 Å². The molecule has 0 spiro atoms. The predicted octanol–water partition coefficient (Wildman–Crippen LogP) is 8.48. The first-order chi connectivity index (χ1) is 36.5. The van der Waals surface area contributed by atoms with Crippen LogP contribution < -0.4 is 4.74 Å². The number of non-ortho nitro benzene ring substituents is 1. The van der Waals surface area contributed by atoms with Crippen molar-refractivity contribution in [2.45, 2.75) is 180 Å². The van der Waals surface area contributed by atoms with Gasteiger partial charge in [-0.1, -0.05) is 71.1 Å². The quantitative estimate of drug-likeness (QED) is 0.0589. The number of ether oxygens (including phenoxy) is 7. The molecule has 1 aliphatic carbocycles. The number of fused-ring (bicyclic) bond motifs is 3. The van der Waals surface area contributed by atoms with Gasteiger partial charge in [0.2, 0.25) is 5.79 Å². The predicted molar refractivity (Wildman–Crippen MR) is 290 cm³/mol. The molecule has 2 N–H and O–H groups in total. The van der Waals surface area contributed by atoms with Crippen LogP contribution in [0.25, 0.3) is 0 Å². The molecule has 2 saturated heterocycles. The molecule has 18 nitrogen and oxygen atoms in total. The number of nitro benzene ring substituents is 1. The number of esters is 1. The van der Waals surface area contributed by atoms with Gasteiger partial charge in [-0.3, -0.25) is 29.3 Å². The molecule has 1 aromatic rings. The maximum atomic E-state index is 14.6. The summed E-state index contributed by atoms with van der Waals surface area (Å²) in [6.45, 7) is 12.6. The number of amides is 1. The van der Waals surface area contributed by atoms with Crippen molar-refractivity contribution < 1.29 is 72.3 Å². The smallest absolute Gasteiger partial charge is 0.358 e. The molecule has 1 amide bonds. The Morgan fingerprint density at radius 3 is 2.26 bits per heavy atom. The zero-order valence-electron chi connectivity index (χ0n) is 46.5. The number of ketones is 3. The first-order valence-electron chi connectivity index (χ1n) is 27.1. The number of methoxy groups -OCH3 is 3. The number of allylic oxidation sites excluding steroid dienone is 6. The summed E-state index contributed by atoms with van der Waals surface area (Å²) < 4.78 is 41.5. The lowest BCUT2D eigenvalue weighted by molar-refractivity contribution is -0.384. The molecule has 3 heterocycles. The SMILES string of the molecule is CO[C@H]1C[C@@H]2CC[C@@H](C)[C@@](O)(O2)C(=O)C(=O)N2CCCC[C@H]2C(=O)O[C@H]([C@H](C)C[C@@H]2CC[C@@H](OC(=S)Oc3ccc([N+](=O)[O-])cc3)[C@H](OC)C2)CC(=O)[C@H](C)/C=C(\C)[C@@H](O)[C@@H](OC)C(=O)[C@H](C)C[C@H](C)/C=C/C=CC=C1C. The number of cyclic esters (lactones) is 1. The van der Waals surface area contributed by atoms with E-state index in [-0.39, 0.29) is 59.5 Å². The Kier molecular flexibility index (Phi) is 23.9. The number of thiocarbonyl (C=S) groups is 1. The van der Waals surface area contributed by atoms with Crippen LogP contribution in [-0.2, 0) is 52.4 Å². The van der Waals surface area contributed by atoms with Gasteiger partial charge >= 0.3 is 11.2 Å². The molecule has 1 saturated carbocycles. The number of Topliss-reactive ketones (excluding diaryl/α,β-unsaturated/α-hetero) is 3. The number of nitro groups is 1. The average molecular weight is 1100 g/mol. The van der Waals surface area contributed by atoms with E-state index in [1.54, 1.807) is 48.0 Å². The molecule has 15 atom stereocenters. The number of hydrogen-bond acceptors (Lipinski definition) is 17. The second-order valence-corrected chi connectivity index (χ2v) is 22.1. The molecular formula is C58H82N2O16S.